The number of nitrogens with zero attached hydrogens (tertiary/aromatic N) is 1. The van der Waals surface area contributed by atoms with Crippen LogP contribution in [0.3, 0.4) is 0 Å². The zero-order valence-corrected chi connectivity index (χ0v) is 16.2. The fourth-order valence-electron chi connectivity index (χ4n) is 5.40. The number of benzene rings is 2. The number of imide groups is 1. The first-order chi connectivity index (χ1) is 14.0. The van der Waals surface area contributed by atoms with Gasteiger partial charge in [0.15, 0.2) is 6.04 Å². The lowest BCUT2D eigenvalue weighted by Gasteiger charge is -2.25. The summed E-state index contributed by atoms with van der Waals surface area (Å²) >= 11 is 6.06. The summed E-state index contributed by atoms with van der Waals surface area (Å²) in [6.07, 6.45) is 1.72. The summed E-state index contributed by atoms with van der Waals surface area (Å²) in [6, 6.07) is 11.4. The zero-order valence-electron chi connectivity index (χ0n) is 15.5. The molecular weight excluding hydrogens is 395 g/mol. The summed E-state index contributed by atoms with van der Waals surface area (Å²) in [5, 5.41) is 0.437. The van der Waals surface area contributed by atoms with Crippen LogP contribution in [-0.2, 0) is 9.59 Å². The van der Waals surface area contributed by atoms with Crippen molar-refractivity contribution in [1.29, 1.82) is 0 Å². The van der Waals surface area contributed by atoms with Gasteiger partial charge in [-0.25, -0.2) is 9.29 Å². The van der Waals surface area contributed by atoms with Crippen molar-refractivity contribution in [2.75, 3.05) is 11.4 Å². The van der Waals surface area contributed by atoms with Gasteiger partial charge < -0.3 is 4.90 Å². The largest absolute Gasteiger partial charge is 0.322 e. The third-order valence-corrected chi connectivity index (χ3v) is 6.76. The highest BCUT2D eigenvalue weighted by Crippen LogP contribution is 2.40. The van der Waals surface area contributed by atoms with Crippen molar-refractivity contribution in [3.8, 4) is 0 Å². The molecule has 2 aromatic carbocycles. The number of halogens is 2. The first kappa shape index (κ1) is 18.5. The monoisotopic (exact) mass is 413 g/mol. The summed E-state index contributed by atoms with van der Waals surface area (Å²) in [5.41, 5.74) is 0.811. The summed E-state index contributed by atoms with van der Waals surface area (Å²) < 4.78 is 13.3. The Bertz CT molecular complexity index is 1020. The molecule has 1 N–H and O–H groups in total. The molecule has 1 unspecified atom stereocenters. The number of hydrogen-bond acceptors (Lipinski definition) is 3. The number of amides is 2. The Balaban J connectivity index is 1.55. The predicted molar refractivity (Wildman–Crippen MR) is 104 cm³/mol. The minimum Gasteiger partial charge on any atom is -0.322 e. The van der Waals surface area contributed by atoms with E-state index in [1.54, 1.807) is 24.3 Å². The average molecular weight is 414 g/mol. The third kappa shape index (κ3) is 2.74. The molecule has 148 valence electrons. The molecular formula is C22H19ClFN2O3+. The van der Waals surface area contributed by atoms with Crippen LogP contribution in [0.2, 0.25) is 5.02 Å². The summed E-state index contributed by atoms with van der Waals surface area (Å²) in [5.74, 6) is -2.41. The van der Waals surface area contributed by atoms with Gasteiger partial charge in [-0.05, 0) is 42.5 Å². The van der Waals surface area contributed by atoms with Gasteiger partial charge in [0.1, 0.15) is 23.7 Å². The topological polar surface area (TPSA) is 58.9 Å². The van der Waals surface area contributed by atoms with Crippen molar-refractivity contribution in [2.45, 2.75) is 24.9 Å². The number of carbonyl (C=O) groups excluding carboxylic acids is 3. The number of nitrogens with one attached hydrogen (secondary N) is 1. The van der Waals surface area contributed by atoms with Gasteiger partial charge in [-0.1, -0.05) is 17.7 Å². The Morgan fingerprint density at radius 2 is 1.79 bits per heavy atom. The Morgan fingerprint density at radius 1 is 1.07 bits per heavy atom. The van der Waals surface area contributed by atoms with E-state index in [1.165, 1.54) is 29.2 Å². The van der Waals surface area contributed by atoms with Crippen LogP contribution in [0.1, 0.15) is 23.2 Å². The molecule has 0 saturated carbocycles. The molecule has 7 heteroatoms. The molecule has 5 nitrogen and oxygen atoms in total. The van der Waals surface area contributed by atoms with Crippen LogP contribution in [0, 0.1) is 17.7 Å². The number of quaternary nitrogens is 1. The Labute approximate surface area is 172 Å². The van der Waals surface area contributed by atoms with E-state index < -0.39 is 23.7 Å². The van der Waals surface area contributed by atoms with Gasteiger partial charge in [-0.2, -0.15) is 0 Å². The number of ketones is 1. The van der Waals surface area contributed by atoms with E-state index in [9.17, 15) is 18.8 Å². The maximum atomic E-state index is 13.4. The van der Waals surface area contributed by atoms with Crippen LogP contribution in [0.15, 0.2) is 48.5 Å². The number of anilines is 1. The van der Waals surface area contributed by atoms with E-state index in [-0.39, 0.29) is 23.6 Å². The molecule has 2 aromatic rings. The summed E-state index contributed by atoms with van der Waals surface area (Å²) in [4.78, 5) is 42.2. The Kier molecular flexibility index (Phi) is 4.29. The SMILES string of the molecule is O=C(c1ccc(F)cc1)[C@@H]1[C@@H]2C(=O)N(c3cccc(Cl)c3)C(=O)[C@H]2[C@H]2CCC[NH+]21. The van der Waals surface area contributed by atoms with Crippen molar-refractivity contribution >= 4 is 34.9 Å². The van der Waals surface area contributed by atoms with Crippen molar-refractivity contribution < 1.29 is 23.7 Å². The highest BCUT2D eigenvalue weighted by atomic mass is 35.5. The van der Waals surface area contributed by atoms with Gasteiger partial charge in [-0.3, -0.25) is 14.4 Å². The molecule has 0 spiro atoms. The first-order valence-electron chi connectivity index (χ1n) is 9.76. The van der Waals surface area contributed by atoms with Crippen LogP contribution in [0.4, 0.5) is 10.1 Å². The van der Waals surface area contributed by atoms with Crippen molar-refractivity contribution in [3.63, 3.8) is 0 Å². The summed E-state index contributed by atoms with van der Waals surface area (Å²) in [6.45, 7) is 0.757. The molecule has 3 saturated heterocycles. The molecule has 0 aliphatic carbocycles. The molecule has 0 aromatic heterocycles. The van der Waals surface area contributed by atoms with E-state index in [1.807, 2.05) is 0 Å². The quantitative estimate of drug-likeness (QED) is 0.617. The fourth-order valence-corrected chi connectivity index (χ4v) is 5.59. The lowest BCUT2D eigenvalue weighted by atomic mass is 9.85. The highest BCUT2D eigenvalue weighted by Gasteiger charge is 2.68. The van der Waals surface area contributed by atoms with Crippen molar-refractivity contribution in [1.82, 2.24) is 0 Å². The third-order valence-electron chi connectivity index (χ3n) is 6.52. The fraction of sp³-hybridized carbons (Fsp3) is 0.318. The smallest absolute Gasteiger partial charge is 0.244 e. The molecule has 0 bridgehead atoms. The van der Waals surface area contributed by atoms with E-state index >= 15 is 0 Å². The standard InChI is InChI=1S/C22H18ClFN2O3/c23-13-3-1-4-15(11-13)26-21(28)17-16-5-2-10-25(16)19(18(17)22(26)29)20(27)12-6-8-14(24)9-7-12/h1,3-4,6-9,11,16-19H,2,5,10H2/p+1/t16-,17+,18-,19+/m1/s1. The summed E-state index contributed by atoms with van der Waals surface area (Å²) in [7, 11) is 0. The van der Waals surface area contributed by atoms with Crippen LogP contribution in [0.25, 0.3) is 0 Å². The van der Waals surface area contributed by atoms with Crippen LogP contribution < -0.4 is 9.80 Å². The number of hydrogen-bond donors (Lipinski definition) is 1. The molecule has 29 heavy (non-hydrogen) atoms. The second-order valence-corrected chi connectivity index (χ2v) is 8.40. The minimum absolute atomic E-state index is 0.0463. The maximum absolute atomic E-state index is 13.4. The number of Topliss-reactive ketones (excluding diaryl/α,β-unsaturated/α-hetero) is 1. The molecule has 5 atom stereocenters. The lowest BCUT2D eigenvalue weighted by Crippen LogP contribution is -3.16. The van der Waals surface area contributed by atoms with E-state index in [2.05, 4.69) is 0 Å². The average Bonchev–Trinajstić information content (AvgIpc) is 3.34. The second-order valence-electron chi connectivity index (χ2n) is 7.97. The van der Waals surface area contributed by atoms with Gasteiger partial charge >= 0.3 is 0 Å². The lowest BCUT2D eigenvalue weighted by molar-refractivity contribution is -0.915. The van der Waals surface area contributed by atoms with Gasteiger partial charge in [0.25, 0.3) is 0 Å². The molecule has 3 fully saturated rings. The van der Waals surface area contributed by atoms with Crippen molar-refractivity contribution in [3.05, 3.63) is 64.9 Å². The molecule has 0 radical (unpaired) electrons. The maximum Gasteiger partial charge on any atom is 0.244 e. The molecule has 3 heterocycles. The van der Waals surface area contributed by atoms with Gasteiger partial charge in [0.05, 0.1) is 12.2 Å². The number of carbonyl (C=O) groups is 3. The second kappa shape index (κ2) is 6.75. The number of fused-ring (bicyclic) bond motifs is 3. The highest BCUT2D eigenvalue weighted by molar-refractivity contribution is 6.31. The van der Waals surface area contributed by atoms with E-state index in [4.69, 9.17) is 11.6 Å². The number of rotatable bonds is 3. The zero-order chi connectivity index (χ0) is 20.3. The first-order valence-corrected chi connectivity index (χ1v) is 10.1. The van der Waals surface area contributed by atoms with Crippen LogP contribution in [-0.4, -0.2) is 36.2 Å². The molecule has 3 aliphatic rings. The normalized spacial score (nSPS) is 30.6. The van der Waals surface area contributed by atoms with Crippen molar-refractivity contribution in [2.24, 2.45) is 11.8 Å². The van der Waals surface area contributed by atoms with Gasteiger partial charge in [-0.15, -0.1) is 0 Å². The van der Waals surface area contributed by atoms with Gasteiger partial charge in [0.2, 0.25) is 17.6 Å². The van der Waals surface area contributed by atoms with E-state index in [0.717, 1.165) is 24.3 Å². The molecule has 5 rings (SSSR count). The molecule has 2 amide bonds. The Hall–Kier alpha value is -2.57. The van der Waals surface area contributed by atoms with Crippen LogP contribution >= 0.6 is 11.6 Å². The Morgan fingerprint density at radius 3 is 2.52 bits per heavy atom. The van der Waals surface area contributed by atoms with Gasteiger partial charge in [0, 0.05) is 23.4 Å². The predicted octanol–water partition coefficient (Wildman–Crippen LogP) is 1.90. The molecule has 3 aliphatic heterocycles. The van der Waals surface area contributed by atoms with E-state index in [0.29, 0.717) is 16.3 Å². The van der Waals surface area contributed by atoms with Crippen LogP contribution in [0.5, 0.6) is 0 Å². The minimum atomic E-state index is -0.695.